The first-order valence-electron chi connectivity index (χ1n) is 3.79. The molecule has 0 radical (unpaired) electrons. The minimum Gasteiger partial charge on any atom is -0.434 e. The van der Waals surface area contributed by atoms with Crippen molar-refractivity contribution < 1.29 is 9.53 Å². The molecule has 64 valence electrons. The fourth-order valence-corrected chi connectivity index (χ4v) is 0.457. The van der Waals surface area contributed by atoms with E-state index in [0.29, 0.717) is 0 Å². The van der Waals surface area contributed by atoms with E-state index < -0.39 is 12.0 Å². The normalized spacial score (nSPS) is 13.4. The molecule has 0 saturated heterocycles. The van der Waals surface area contributed by atoms with Crippen molar-refractivity contribution in [2.24, 2.45) is 5.73 Å². The highest BCUT2D eigenvalue weighted by molar-refractivity contribution is 5.75. The number of ether oxygens (including phenoxy) is 1. The largest absolute Gasteiger partial charge is 0.434 e. The second kappa shape index (κ2) is 5.92. The third-order valence-corrected chi connectivity index (χ3v) is 1.11. The highest BCUT2D eigenvalue weighted by atomic mass is 16.5. The Hall–Kier alpha value is -0.830. The van der Waals surface area contributed by atoms with Gasteiger partial charge in [-0.25, -0.2) is 4.79 Å². The van der Waals surface area contributed by atoms with E-state index in [9.17, 15) is 4.79 Å². The number of rotatable bonds is 4. The number of carbonyl (C=O) groups is 1. The lowest BCUT2D eigenvalue weighted by atomic mass is 10.3. The van der Waals surface area contributed by atoms with E-state index in [0.717, 1.165) is 12.8 Å². The molecule has 0 bridgehead atoms. The zero-order valence-corrected chi connectivity index (χ0v) is 7.04. The van der Waals surface area contributed by atoms with E-state index >= 15 is 0 Å². The zero-order chi connectivity index (χ0) is 8.69. The summed E-state index contributed by atoms with van der Waals surface area (Å²) in [4.78, 5) is 10.7. The maximum atomic E-state index is 10.7. The van der Waals surface area contributed by atoms with Crippen LogP contribution in [0.15, 0.2) is 12.3 Å². The summed E-state index contributed by atoms with van der Waals surface area (Å²) in [6.07, 6.45) is 5.17. The Kier molecular flexibility index (Phi) is 5.47. The first-order valence-corrected chi connectivity index (χ1v) is 3.79. The number of hydrogen-bond donors (Lipinski definition) is 1. The predicted molar refractivity (Wildman–Crippen MR) is 43.8 cm³/mol. The van der Waals surface area contributed by atoms with Crippen LogP contribution in [0.4, 0.5) is 0 Å². The zero-order valence-electron chi connectivity index (χ0n) is 7.04. The summed E-state index contributed by atoms with van der Waals surface area (Å²) >= 11 is 0. The maximum Gasteiger partial charge on any atom is 0.327 e. The van der Waals surface area contributed by atoms with E-state index in [1.807, 2.05) is 0 Å². The van der Waals surface area contributed by atoms with Crippen molar-refractivity contribution in [3.63, 3.8) is 0 Å². The Morgan fingerprint density at radius 3 is 2.82 bits per heavy atom. The van der Waals surface area contributed by atoms with E-state index in [4.69, 9.17) is 5.73 Å². The third-order valence-electron chi connectivity index (χ3n) is 1.11. The maximum absolute atomic E-state index is 10.7. The molecule has 0 aliphatic rings. The molecule has 1 atom stereocenters. The summed E-state index contributed by atoms with van der Waals surface area (Å²) < 4.78 is 4.66. The van der Waals surface area contributed by atoms with Crippen LogP contribution in [0.5, 0.6) is 0 Å². The minimum atomic E-state index is -0.540. The van der Waals surface area contributed by atoms with Crippen molar-refractivity contribution in [3.05, 3.63) is 12.3 Å². The Morgan fingerprint density at radius 1 is 1.73 bits per heavy atom. The lowest BCUT2D eigenvalue weighted by molar-refractivity contribution is -0.139. The SMILES string of the molecule is CCCC=COC(=O)[C@H](C)N. The van der Waals surface area contributed by atoms with Gasteiger partial charge in [-0.15, -0.1) is 0 Å². The summed E-state index contributed by atoms with van der Waals surface area (Å²) in [6.45, 7) is 3.65. The molecule has 0 rings (SSSR count). The van der Waals surface area contributed by atoms with Gasteiger partial charge in [-0.05, 0) is 19.4 Å². The van der Waals surface area contributed by atoms with Crippen LogP contribution in [-0.4, -0.2) is 12.0 Å². The molecule has 0 saturated carbocycles. The topological polar surface area (TPSA) is 52.3 Å². The molecule has 0 spiro atoms. The molecule has 3 heteroatoms. The van der Waals surface area contributed by atoms with Gasteiger partial charge in [-0.3, -0.25) is 0 Å². The Morgan fingerprint density at radius 2 is 2.36 bits per heavy atom. The summed E-state index contributed by atoms with van der Waals surface area (Å²) in [5.41, 5.74) is 5.24. The molecule has 0 aromatic carbocycles. The third kappa shape index (κ3) is 5.61. The van der Waals surface area contributed by atoms with Crippen LogP contribution in [0, 0.1) is 0 Å². The van der Waals surface area contributed by atoms with Gasteiger partial charge >= 0.3 is 5.97 Å². The summed E-state index contributed by atoms with van der Waals surface area (Å²) in [5.74, 6) is -0.391. The molecule has 2 N–H and O–H groups in total. The number of allylic oxidation sites excluding steroid dienone is 1. The smallest absolute Gasteiger partial charge is 0.327 e. The second-order valence-electron chi connectivity index (χ2n) is 2.39. The lowest BCUT2D eigenvalue weighted by Crippen LogP contribution is -2.27. The van der Waals surface area contributed by atoms with Gasteiger partial charge in [0.05, 0.1) is 6.26 Å². The van der Waals surface area contributed by atoms with E-state index in [-0.39, 0.29) is 0 Å². The molecule has 3 nitrogen and oxygen atoms in total. The van der Waals surface area contributed by atoms with E-state index in [1.54, 1.807) is 13.0 Å². The van der Waals surface area contributed by atoms with Crippen LogP contribution in [-0.2, 0) is 9.53 Å². The van der Waals surface area contributed by atoms with Crippen molar-refractivity contribution in [1.82, 2.24) is 0 Å². The van der Waals surface area contributed by atoms with Gasteiger partial charge in [0.15, 0.2) is 0 Å². The molecule has 0 amide bonds. The molecule has 0 fully saturated rings. The summed E-state index contributed by atoms with van der Waals surface area (Å²) in [6, 6.07) is -0.540. The van der Waals surface area contributed by atoms with Crippen molar-refractivity contribution in [2.45, 2.75) is 32.7 Å². The molecule has 11 heavy (non-hydrogen) atoms. The fraction of sp³-hybridized carbons (Fsp3) is 0.625. The van der Waals surface area contributed by atoms with Crippen LogP contribution in [0.2, 0.25) is 0 Å². The lowest BCUT2D eigenvalue weighted by Gasteiger charge is -2.00. The van der Waals surface area contributed by atoms with E-state index in [1.165, 1.54) is 6.26 Å². The number of esters is 1. The quantitative estimate of drug-likeness (QED) is 0.492. The average molecular weight is 157 g/mol. The van der Waals surface area contributed by atoms with Gasteiger partial charge in [-0.1, -0.05) is 13.3 Å². The van der Waals surface area contributed by atoms with Gasteiger partial charge in [0.25, 0.3) is 0 Å². The second-order valence-corrected chi connectivity index (χ2v) is 2.39. The van der Waals surface area contributed by atoms with Crippen molar-refractivity contribution in [2.75, 3.05) is 0 Å². The number of unbranched alkanes of at least 4 members (excludes halogenated alkanes) is 1. The van der Waals surface area contributed by atoms with E-state index in [2.05, 4.69) is 11.7 Å². The van der Waals surface area contributed by atoms with Crippen LogP contribution in [0.3, 0.4) is 0 Å². The average Bonchev–Trinajstić information content (AvgIpc) is 1.97. The molecule has 0 aliphatic heterocycles. The molecule has 0 aromatic heterocycles. The molecule has 0 aliphatic carbocycles. The minimum absolute atomic E-state index is 0.391. The van der Waals surface area contributed by atoms with Crippen LogP contribution < -0.4 is 5.73 Å². The molecule has 0 unspecified atom stereocenters. The molecule has 0 aromatic rings. The number of nitrogens with two attached hydrogens (primary N) is 1. The number of hydrogen-bond acceptors (Lipinski definition) is 3. The van der Waals surface area contributed by atoms with Gasteiger partial charge in [0.2, 0.25) is 0 Å². The van der Waals surface area contributed by atoms with Crippen LogP contribution in [0.25, 0.3) is 0 Å². The van der Waals surface area contributed by atoms with Gasteiger partial charge in [0, 0.05) is 0 Å². The van der Waals surface area contributed by atoms with Crippen molar-refractivity contribution >= 4 is 5.97 Å². The molecular formula is C8H15NO2. The van der Waals surface area contributed by atoms with Gasteiger partial charge in [0.1, 0.15) is 6.04 Å². The highest BCUT2D eigenvalue weighted by Gasteiger charge is 2.05. The predicted octanol–water partition coefficient (Wildman–Crippen LogP) is 1.19. The standard InChI is InChI=1S/C8H15NO2/c1-3-4-5-6-11-8(10)7(2)9/h5-7H,3-4,9H2,1-2H3/t7-/m0/s1. The highest BCUT2D eigenvalue weighted by Crippen LogP contribution is 1.90. The Labute approximate surface area is 67.2 Å². The Bertz CT molecular complexity index is 141. The van der Waals surface area contributed by atoms with Gasteiger partial charge in [-0.2, -0.15) is 0 Å². The molecule has 0 heterocycles. The fourth-order valence-electron chi connectivity index (χ4n) is 0.457. The van der Waals surface area contributed by atoms with Crippen LogP contribution >= 0.6 is 0 Å². The number of carbonyl (C=O) groups excluding carboxylic acids is 1. The van der Waals surface area contributed by atoms with Crippen molar-refractivity contribution in [3.8, 4) is 0 Å². The van der Waals surface area contributed by atoms with Crippen LogP contribution in [0.1, 0.15) is 26.7 Å². The van der Waals surface area contributed by atoms with Gasteiger partial charge < -0.3 is 10.5 Å². The first kappa shape index (κ1) is 10.2. The molecular weight excluding hydrogens is 142 g/mol. The summed E-state index contributed by atoms with van der Waals surface area (Å²) in [5, 5.41) is 0. The monoisotopic (exact) mass is 157 g/mol. The Balaban J connectivity index is 3.45. The first-order chi connectivity index (χ1) is 5.18. The van der Waals surface area contributed by atoms with Crippen molar-refractivity contribution in [1.29, 1.82) is 0 Å². The summed E-state index contributed by atoms with van der Waals surface area (Å²) in [7, 11) is 0.